The monoisotopic (exact) mass is 344 g/mol. The Hall–Kier alpha value is -0.580. The second kappa shape index (κ2) is 6.73. The Labute approximate surface area is 127 Å². The highest BCUT2D eigenvalue weighted by Gasteiger charge is 2.21. The van der Waals surface area contributed by atoms with Gasteiger partial charge in [-0.2, -0.15) is 0 Å². The van der Waals surface area contributed by atoms with Crippen LogP contribution in [0.3, 0.4) is 0 Å². The molecule has 0 radical (unpaired) electrons. The van der Waals surface area contributed by atoms with Crippen LogP contribution in [0.5, 0.6) is 0 Å². The fourth-order valence-corrected chi connectivity index (χ4v) is 2.90. The van der Waals surface area contributed by atoms with Crippen molar-refractivity contribution in [3.05, 3.63) is 33.3 Å². The van der Waals surface area contributed by atoms with Gasteiger partial charge in [0.2, 0.25) is 5.91 Å². The molecule has 0 aromatic heterocycles. The van der Waals surface area contributed by atoms with Gasteiger partial charge in [0.1, 0.15) is 0 Å². The number of hydrogen-bond acceptors (Lipinski definition) is 2. The molecule has 1 aromatic rings. The molecule has 1 amide bonds. The van der Waals surface area contributed by atoms with Crippen LogP contribution in [0.4, 0.5) is 0 Å². The molecule has 0 spiro atoms. The van der Waals surface area contributed by atoms with E-state index < -0.39 is 0 Å². The van der Waals surface area contributed by atoms with Gasteiger partial charge in [0.05, 0.1) is 11.4 Å². The van der Waals surface area contributed by atoms with Crippen molar-refractivity contribution in [2.75, 3.05) is 19.6 Å². The Kier molecular flexibility index (Phi) is 5.25. The van der Waals surface area contributed by atoms with Gasteiger partial charge in [-0.25, -0.2) is 0 Å². The number of carbonyl (C=O) groups excluding carboxylic acids is 1. The maximum atomic E-state index is 12.2. The zero-order valence-electron chi connectivity index (χ0n) is 10.7. The van der Waals surface area contributed by atoms with Gasteiger partial charge in [-0.1, -0.05) is 17.7 Å². The number of nitrogens with two attached hydrogens (primary N) is 1. The quantitative estimate of drug-likeness (QED) is 0.915. The van der Waals surface area contributed by atoms with Gasteiger partial charge >= 0.3 is 0 Å². The lowest BCUT2D eigenvalue weighted by Crippen LogP contribution is -2.40. The minimum absolute atomic E-state index is 0.185. The standard InChI is InChI=1S/C14H18BrClN2O/c15-12-7-11(1-2-13(12)16)8-14(19)18-5-3-10(9-17)4-6-18/h1-2,7,10H,3-6,8-9,17H2. The van der Waals surface area contributed by atoms with Gasteiger partial charge in [0.25, 0.3) is 0 Å². The van der Waals surface area contributed by atoms with Crippen molar-refractivity contribution in [1.29, 1.82) is 0 Å². The first kappa shape index (κ1) is 14.8. The summed E-state index contributed by atoms with van der Waals surface area (Å²) in [6.45, 7) is 2.39. The van der Waals surface area contributed by atoms with Crippen LogP contribution in [0.2, 0.25) is 5.02 Å². The Morgan fingerprint density at radius 2 is 2.11 bits per heavy atom. The fraction of sp³-hybridized carbons (Fsp3) is 0.500. The van der Waals surface area contributed by atoms with Crippen LogP contribution >= 0.6 is 27.5 Å². The minimum Gasteiger partial charge on any atom is -0.342 e. The summed E-state index contributed by atoms with van der Waals surface area (Å²) in [6, 6.07) is 5.62. The van der Waals surface area contributed by atoms with E-state index in [9.17, 15) is 4.79 Å². The predicted molar refractivity (Wildman–Crippen MR) is 81.2 cm³/mol. The number of hydrogen-bond donors (Lipinski definition) is 1. The first-order chi connectivity index (χ1) is 9.10. The minimum atomic E-state index is 0.185. The van der Waals surface area contributed by atoms with Gasteiger partial charge in [-0.15, -0.1) is 0 Å². The van der Waals surface area contributed by atoms with Gasteiger partial charge < -0.3 is 10.6 Å². The average Bonchev–Trinajstić information content (AvgIpc) is 2.43. The van der Waals surface area contributed by atoms with Crippen molar-refractivity contribution >= 4 is 33.4 Å². The molecule has 1 saturated heterocycles. The van der Waals surface area contributed by atoms with Crippen LogP contribution in [0.1, 0.15) is 18.4 Å². The second-order valence-electron chi connectivity index (χ2n) is 4.99. The molecule has 0 atom stereocenters. The molecular formula is C14H18BrClN2O. The Balaban J connectivity index is 1.92. The zero-order valence-corrected chi connectivity index (χ0v) is 13.1. The molecule has 5 heteroatoms. The third-order valence-electron chi connectivity index (χ3n) is 3.64. The topological polar surface area (TPSA) is 46.3 Å². The fourth-order valence-electron chi connectivity index (χ4n) is 2.35. The highest BCUT2D eigenvalue weighted by atomic mass is 79.9. The molecule has 0 bridgehead atoms. The molecule has 0 saturated carbocycles. The third-order valence-corrected chi connectivity index (χ3v) is 4.85. The summed E-state index contributed by atoms with van der Waals surface area (Å²) in [6.07, 6.45) is 2.47. The number of halogens is 2. The molecule has 1 aliphatic heterocycles. The molecule has 2 N–H and O–H groups in total. The summed E-state index contributed by atoms with van der Waals surface area (Å²) >= 11 is 9.32. The molecule has 1 aliphatic rings. The second-order valence-corrected chi connectivity index (χ2v) is 6.25. The summed E-state index contributed by atoms with van der Waals surface area (Å²) in [5, 5.41) is 0.667. The molecule has 104 valence electrons. The van der Waals surface area contributed by atoms with Crippen molar-refractivity contribution in [3.8, 4) is 0 Å². The van der Waals surface area contributed by atoms with Crippen molar-refractivity contribution in [2.24, 2.45) is 11.7 Å². The van der Waals surface area contributed by atoms with E-state index in [0.29, 0.717) is 17.4 Å². The largest absolute Gasteiger partial charge is 0.342 e. The number of carbonyl (C=O) groups is 1. The van der Waals surface area contributed by atoms with Crippen LogP contribution in [-0.2, 0) is 11.2 Å². The third kappa shape index (κ3) is 3.94. The van der Waals surface area contributed by atoms with Crippen LogP contribution in [-0.4, -0.2) is 30.4 Å². The van der Waals surface area contributed by atoms with E-state index in [1.54, 1.807) is 0 Å². The first-order valence-electron chi connectivity index (χ1n) is 6.52. The van der Waals surface area contributed by atoms with Gasteiger partial charge in [0.15, 0.2) is 0 Å². The van der Waals surface area contributed by atoms with Crippen molar-refractivity contribution in [2.45, 2.75) is 19.3 Å². The van der Waals surface area contributed by atoms with Crippen LogP contribution in [0.25, 0.3) is 0 Å². The summed E-state index contributed by atoms with van der Waals surface area (Å²) in [7, 11) is 0. The SMILES string of the molecule is NCC1CCN(C(=O)Cc2ccc(Cl)c(Br)c2)CC1. The Morgan fingerprint density at radius 3 is 2.68 bits per heavy atom. The van der Waals surface area contributed by atoms with E-state index in [1.807, 2.05) is 23.1 Å². The normalized spacial score (nSPS) is 16.7. The lowest BCUT2D eigenvalue weighted by molar-refractivity contribution is -0.131. The van der Waals surface area contributed by atoms with Crippen molar-refractivity contribution in [1.82, 2.24) is 4.90 Å². The summed E-state index contributed by atoms with van der Waals surface area (Å²) in [4.78, 5) is 14.1. The van der Waals surface area contributed by atoms with Crippen molar-refractivity contribution < 1.29 is 4.79 Å². The zero-order chi connectivity index (χ0) is 13.8. The number of nitrogens with zero attached hydrogens (tertiary/aromatic N) is 1. The smallest absolute Gasteiger partial charge is 0.226 e. The van der Waals surface area contributed by atoms with E-state index in [2.05, 4.69) is 15.9 Å². The molecule has 2 rings (SSSR count). The van der Waals surface area contributed by atoms with E-state index in [-0.39, 0.29) is 5.91 Å². The lowest BCUT2D eigenvalue weighted by Gasteiger charge is -2.31. The number of benzene rings is 1. The van der Waals surface area contributed by atoms with E-state index in [4.69, 9.17) is 17.3 Å². The molecule has 19 heavy (non-hydrogen) atoms. The van der Waals surface area contributed by atoms with Crippen LogP contribution < -0.4 is 5.73 Å². The predicted octanol–water partition coefficient (Wildman–Crippen LogP) is 2.84. The highest BCUT2D eigenvalue weighted by Crippen LogP contribution is 2.24. The molecule has 0 unspecified atom stereocenters. The highest BCUT2D eigenvalue weighted by molar-refractivity contribution is 9.10. The van der Waals surface area contributed by atoms with E-state index in [1.165, 1.54) is 0 Å². The molecule has 1 aromatic carbocycles. The molecular weight excluding hydrogens is 328 g/mol. The van der Waals surface area contributed by atoms with Crippen molar-refractivity contribution in [3.63, 3.8) is 0 Å². The number of amides is 1. The summed E-state index contributed by atoms with van der Waals surface area (Å²) in [5.41, 5.74) is 6.65. The Morgan fingerprint density at radius 1 is 1.42 bits per heavy atom. The molecule has 0 aliphatic carbocycles. The number of likely N-dealkylation sites (tertiary alicyclic amines) is 1. The van der Waals surface area contributed by atoms with Crippen LogP contribution in [0.15, 0.2) is 22.7 Å². The molecule has 1 fully saturated rings. The van der Waals surface area contributed by atoms with E-state index >= 15 is 0 Å². The maximum Gasteiger partial charge on any atom is 0.226 e. The maximum absolute atomic E-state index is 12.2. The lowest BCUT2D eigenvalue weighted by atomic mass is 9.96. The van der Waals surface area contributed by atoms with Gasteiger partial charge in [0, 0.05) is 17.6 Å². The summed E-state index contributed by atoms with van der Waals surface area (Å²) in [5.74, 6) is 0.762. The van der Waals surface area contributed by atoms with Gasteiger partial charge in [-0.05, 0) is 58.9 Å². The molecule has 3 nitrogen and oxygen atoms in total. The number of rotatable bonds is 3. The van der Waals surface area contributed by atoms with E-state index in [0.717, 1.165) is 42.5 Å². The average molecular weight is 346 g/mol. The first-order valence-corrected chi connectivity index (χ1v) is 7.69. The Bertz CT molecular complexity index is 459. The summed E-state index contributed by atoms with van der Waals surface area (Å²) < 4.78 is 0.835. The number of piperidine rings is 1. The van der Waals surface area contributed by atoms with Gasteiger partial charge in [-0.3, -0.25) is 4.79 Å². The van der Waals surface area contributed by atoms with Crippen LogP contribution in [0, 0.1) is 5.92 Å². The molecule has 1 heterocycles.